The number of nitrogens with zero attached hydrogens (tertiary/aromatic N) is 1. The van der Waals surface area contributed by atoms with Crippen LogP contribution in [0.5, 0.6) is 11.5 Å². The van der Waals surface area contributed by atoms with Crippen LogP contribution in [0, 0.1) is 0 Å². The topological polar surface area (TPSA) is 98.2 Å². The number of hydrazone groups is 1. The van der Waals surface area contributed by atoms with Gasteiger partial charge in [0.05, 0.1) is 30.0 Å². The summed E-state index contributed by atoms with van der Waals surface area (Å²) in [6.07, 6.45) is 1.35. The maximum Gasteiger partial charge on any atom is 0.329 e. The molecule has 0 spiro atoms. The third kappa shape index (κ3) is 6.91. The predicted molar refractivity (Wildman–Crippen MR) is 114 cm³/mol. The highest BCUT2D eigenvalue weighted by Gasteiger charge is 2.13. The van der Waals surface area contributed by atoms with Crippen molar-refractivity contribution in [3.8, 4) is 11.5 Å². The zero-order valence-electron chi connectivity index (χ0n) is 16.4. The highest BCUT2D eigenvalue weighted by Crippen LogP contribution is 2.31. The van der Waals surface area contributed by atoms with Gasteiger partial charge in [0.15, 0.2) is 11.5 Å². The van der Waals surface area contributed by atoms with E-state index in [1.54, 1.807) is 36.4 Å². The lowest BCUT2D eigenvalue weighted by molar-refractivity contribution is -0.139. The van der Waals surface area contributed by atoms with Crippen molar-refractivity contribution in [1.82, 2.24) is 10.7 Å². The third-order valence-electron chi connectivity index (χ3n) is 3.76. The monoisotopic (exact) mass is 453 g/mol. The average molecular weight is 454 g/mol. The Labute approximate surface area is 184 Å². The molecule has 10 heteroatoms. The van der Waals surface area contributed by atoms with Gasteiger partial charge in [0.1, 0.15) is 6.61 Å². The van der Waals surface area contributed by atoms with Gasteiger partial charge in [0.2, 0.25) is 0 Å². The van der Waals surface area contributed by atoms with Crippen LogP contribution >= 0.6 is 23.2 Å². The lowest BCUT2D eigenvalue weighted by Crippen LogP contribution is -2.39. The molecule has 0 aliphatic carbocycles. The van der Waals surface area contributed by atoms with Gasteiger partial charge in [-0.05, 0) is 29.8 Å². The van der Waals surface area contributed by atoms with Gasteiger partial charge in [-0.3, -0.25) is 9.59 Å². The van der Waals surface area contributed by atoms with E-state index in [2.05, 4.69) is 15.8 Å². The van der Waals surface area contributed by atoms with Gasteiger partial charge in [-0.1, -0.05) is 35.3 Å². The second kappa shape index (κ2) is 12.0. The van der Waals surface area contributed by atoms with Crippen molar-refractivity contribution in [2.75, 3.05) is 27.4 Å². The lowest BCUT2D eigenvalue weighted by atomic mass is 10.2. The van der Waals surface area contributed by atoms with E-state index >= 15 is 0 Å². The summed E-state index contributed by atoms with van der Waals surface area (Å²) in [5.41, 5.74) is 3.50. The summed E-state index contributed by atoms with van der Waals surface area (Å²) < 4.78 is 16.0. The van der Waals surface area contributed by atoms with Gasteiger partial charge >= 0.3 is 11.8 Å². The number of rotatable bonds is 9. The molecule has 2 amide bonds. The Hall–Kier alpha value is -2.81. The summed E-state index contributed by atoms with van der Waals surface area (Å²) in [5, 5.41) is 7.08. The predicted octanol–water partition coefficient (Wildman–Crippen LogP) is 2.79. The van der Waals surface area contributed by atoms with Gasteiger partial charge in [-0.15, -0.1) is 0 Å². The Bertz CT molecular complexity index is 921. The first-order chi connectivity index (χ1) is 14.5. The number of nitrogens with one attached hydrogen (secondary N) is 2. The average Bonchev–Trinajstić information content (AvgIpc) is 2.74. The van der Waals surface area contributed by atoms with Gasteiger partial charge < -0.3 is 19.5 Å². The Morgan fingerprint density at radius 1 is 1.10 bits per heavy atom. The fourth-order valence-electron chi connectivity index (χ4n) is 2.29. The molecule has 0 bridgehead atoms. The summed E-state index contributed by atoms with van der Waals surface area (Å²) >= 11 is 12.0. The summed E-state index contributed by atoms with van der Waals surface area (Å²) in [6, 6.07) is 10.4. The second-order valence-corrected chi connectivity index (χ2v) is 6.68. The number of hydrogen-bond donors (Lipinski definition) is 2. The molecule has 160 valence electrons. The molecule has 0 fully saturated rings. The molecule has 0 saturated heterocycles. The van der Waals surface area contributed by atoms with E-state index in [9.17, 15) is 9.59 Å². The third-order valence-corrected chi connectivity index (χ3v) is 4.50. The molecule has 0 heterocycles. The van der Waals surface area contributed by atoms with Crippen LogP contribution in [-0.2, 0) is 20.9 Å². The van der Waals surface area contributed by atoms with Crippen molar-refractivity contribution in [2.24, 2.45) is 5.10 Å². The zero-order valence-corrected chi connectivity index (χ0v) is 17.9. The minimum atomic E-state index is -0.900. The summed E-state index contributed by atoms with van der Waals surface area (Å²) in [4.78, 5) is 23.4. The van der Waals surface area contributed by atoms with Crippen LogP contribution in [0.25, 0.3) is 0 Å². The lowest BCUT2D eigenvalue weighted by Gasteiger charge is -2.13. The van der Waals surface area contributed by atoms with Gasteiger partial charge in [-0.25, -0.2) is 5.43 Å². The molecule has 2 aromatic carbocycles. The first kappa shape index (κ1) is 23.5. The number of ether oxygens (including phenoxy) is 3. The van der Waals surface area contributed by atoms with Crippen molar-refractivity contribution in [3.63, 3.8) is 0 Å². The second-order valence-electron chi connectivity index (χ2n) is 5.86. The van der Waals surface area contributed by atoms with Crippen molar-refractivity contribution in [1.29, 1.82) is 0 Å². The molecule has 0 aliphatic heterocycles. The Kier molecular flexibility index (Phi) is 9.40. The van der Waals surface area contributed by atoms with Crippen molar-refractivity contribution < 1.29 is 23.8 Å². The fraction of sp³-hybridized carbons (Fsp3) is 0.250. The first-order valence-electron chi connectivity index (χ1n) is 8.80. The van der Waals surface area contributed by atoms with E-state index in [0.717, 1.165) is 5.56 Å². The highest BCUT2D eigenvalue weighted by molar-refractivity contribution is 6.42. The van der Waals surface area contributed by atoms with Gasteiger partial charge in [-0.2, -0.15) is 5.10 Å². The highest BCUT2D eigenvalue weighted by atomic mass is 35.5. The van der Waals surface area contributed by atoms with Crippen LogP contribution in [0.4, 0.5) is 0 Å². The molecule has 2 aromatic rings. The van der Waals surface area contributed by atoms with Crippen LogP contribution in [0.15, 0.2) is 41.5 Å². The van der Waals surface area contributed by atoms with Crippen molar-refractivity contribution in [2.45, 2.75) is 6.61 Å². The molecule has 0 atom stereocenters. The normalized spacial score (nSPS) is 10.7. The Morgan fingerprint density at radius 3 is 2.60 bits per heavy atom. The van der Waals surface area contributed by atoms with E-state index in [1.165, 1.54) is 20.4 Å². The summed E-state index contributed by atoms with van der Waals surface area (Å²) in [5.74, 6) is -0.828. The number of para-hydroxylation sites is 1. The quantitative estimate of drug-likeness (QED) is 0.263. The number of methoxy groups -OCH3 is 2. The molecule has 2 rings (SSSR count). The molecule has 0 unspecified atom stereocenters. The van der Waals surface area contributed by atoms with Crippen LogP contribution in [0.1, 0.15) is 11.1 Å². The maximum absolute atomic E-state index is 11.7. The molecule has 8 nitrogen and oxygen atoms in total. The van der Waals surface area contributed by atoms with E-state index in [0.29, 0.717) is 33.7 Å². The Morgan fingerprint density at radius 2 is 1.90 bits per heavy atom. The van der Waals surface area contributed by atoms with Gasteiger partial charge in [0, 0.05) is 19.2 Å². The molecule has 0 aliphatic rings. The molecule has 30 heavy (non-hydrogen) atoms. The summed E-state index contributed by atoms with van der Waals surface area (Å²) in [7, 11) is 3.00. The summed E-state index contributed by atoms with van der Waals surface area (Å²) in [6.45, 7) is 0.715. The van der Waals surface area contributed by atoms with E-state index < -0.39 is 11.8 Å². The van der Waals surface area contributed by atoms with Crippen LogP contribution in [0.3, 0.4) is 0 Å². The molecule has 0 aromatic heterocycles. The molecule has 0 radical (unpaired) electrons. The van der Waals surface area contributed by atoms with E-state index in [-0.39, 0.29) is 13.2 Å². The standard InChI is InChI=1S/C20H21Cl2N3O5/c1-28-9-8-23-19(26)20(27)25-24-11-14-4-3-5-17(29-2)18(14)30-12-13-6-7-15(21)16(22)10-13/h3-7,10-11H,8-9,12H2,1-2H3,(H,23,26)(H,25,27)/b24-11-. The fourth-order valence-corrected chi connectivity index (χ4v) is 2.61. The number of halogens is 2. The maximum atomic E-state index is 11.7. The Balaban J connectivity index is 2.07. The molecular weight excluding hydrogens is 433 g/mol. The van der Waals surface area contributed by atoms with Crippen LogP contribution in [-0.4, -0.2) is 45.4 Å². The van der Waals surface area contributed by atoms with Crippen LogP contribution < -0.4 is 20.2 Å². The minimum Gasteiger partial charge on any atom is -0.493 e. The number of carbonyl (C=O) groups is 2. The largest absolute Gasteiger partial charge is 0.493 e. The number of carbonyl (C=O) groups excluding carboxylic acids is 2. The number of amides is 2. The molecule has 2 N–H and O–H groups in total. The molecule has 0 saturated carbocycles. The van der Waals surface area contributed by atoms with Gasteiger partial charge in [0.25, 0.3) is 0 Å². The number of benzene rings is 2. The first-order valence-corrected chi connectivity index (χ1v) is 9.55. The SMILES string of the molecule is COCCNC(=O)C(=O)N/N=C\c1cccc(OC)c1OCc1ccc(Cl)c(Cl)c1. The minimum absolute atomic E-state index is 0.201. The van der Waals surface area contributed by atoms with Crippen molar-refractivity contribution >= 4 is 41.2 Å². The number of hydrogen-bond acceptors (Lipinski definition) is 6. The molecular formula is C20H21Cl2N3O5. The van der Waals surface area contributed by atoms with Crippen LogP contribution in [0.2, 0.25) is 10.0 Å². The van der Waals surface area contributed by atoms with E-state index in [4.69, 9.17) is 37.4 Å². The van der Waals surface area contributed by atoms with E-state index in [1.807, 2.05) is 0 Å². The smallest absolute Gasteiger partial charge is 0.329 e. The van der Waals surface area contributed by atoms with Crippen molar-refractivity contribution in [3.05, 3.63) is 57.6 Å². The zero-order chi connectivity index (χ0) is 21.9.